The first-order valence-corrected chi connectivity index (χ1v) is 6.89. The molecular formula is C18H17NO2. The zero-order chi connectivity index (χ0) is 15.1. The number of benzene rings is 2. The van der Waals surface area contributed by atoms with Crippen LogP contribution in [0.3, 0.4) is 0 Å². The molecule has 21 heavy (non-hydrogen) atoms. The van der Waals surface area contributed by atoms with E-state index in [-0.39, 0.29) is 11.3 Å². The fourth-order valence-corrected chi connectivity index (χ4v) is 2.96. The number of aromatic hydroxyl groups is 1. The Kier molecular flexibility index (Phi) is 3.05. The smallest absolute Gasteiger partial charge is 0.254 e. The van der Waals surface area contributed by atoms with Gasteiger partial charge in [0, 0.05) is 23.6 Å². The van der Waals surface area contributed by atoms with E-state index in [0.29, 0.717) is 0 Å². The van der Waals surface area contributed by atoms with Crippen LogP contribution in [0.1, 0.15) is 11.1 Å². The van der Waals surface area contributed by atoms with E-state index < -0.39 is 0 Å². The average Bonchev–Trinajstić information content (AvgIpc) is 2.50. The molecule has 0 fully saturated rings. The molecule has 106 valence electrons. The summed E-state index contributed by atoms with van der Waals surface area (Å²) in [7, 11) is 1.75. The van der Waals surface area contributed by atoms with Crippen LogP contribution in [0.5, 0.6) is 5.75 Å². The summed E-state index contributed by atoms with van der Waals surface area (Å²) in [6.45, 7) is 3.69. The largest absolute Gasteiger partial charge is 0.508 e. The molecule has 3 nitrogen and oxygen atoms in total. The Balaban J connectivity index is 2.57. The van der Waals surface area contributed by atoms with Gasteiger partial charge in [-0.3, -0.25) is 4.79 Å². The van der Waals surface area contributed by atoms with E-state index in [1.54, 1.807) is 17.7 Å². The molecule has 0 bridgehead atoms. The van der Waals surface area contributed by atoms with Gasteiger partial charge in [-0.25, -0.2) is 0 Å². The number of phenolic OH excluding ortho intramolecular Hbond substituents is 1. The van der Waals surface area contributed by atoms with Crippen molar-refractivity contribution in [2.24, 2.45) is 7.05 Å². The molecule has 3 heteroatoms. The summed E-state index contributed by atoms with van der Waals surface area (Å²) < 4.78 is 1.62. The van der Waals surface area contributed by atoms with Gasteiger partial charge in [0.05, 0.1) is 5.52 Å². The van der Waals surface area contributed by atoms with Gasteiger partial charge in [-0.2, -0.15) is 0 Å². The number of hydrogen-bond acceptors (Lipinski definition) is 2. The number of rotatable bonds is 1. The second-order valence-corrected chi connectivity index (χ2v) is 5.34. The lowest BCUT2D eigenvalue weighted by atomic mass is 9.95. The molecule has 0 amide bonds. The Labute approximate surface area is 123 Å². The molecule has 0 aliphatic rings. The summed E-state index contributed by atoms with van der Waals surface area (Å²) in [5.74, 6) is 0.209. The zero-order valence-electron chi connectivity index (χ0n) is 12.3. The first kappa shape index (κ1) is 13.4. The molecule has 0 saturated carbocycles. The highest BCUT2D eigenvalue weighted by Gasteiger charge is 2.16. The van der Waals surface area contributed by atoms with Gasteiger partial charge < -0.3 is 9.67 Å². The first-order chi connectivity index (χ1) is 10.0. The van der Waals surface area contributed by atoms with Crippen molar-refractivity contribution in [3.63, 3.8) is 0 Å². The molecule has 1 N–H and O–H groups in total. The Morgan fingerprint density at radius 3 is 2.29 bits per heavy atom. The van der Waals surface area contributed by atoms with Crippen LogP contribution in [0.4, 0.5) is 0 Å². The lowest BCUT2D eigenvalue weighted by Gasteiger charge is -2.16. The molecule has 3 rings (SSSR count). The van der Waals surface area contributed by atoms with Crippen molar-refractivity contribution in [3.8, 4) is 16.9 Å². The molecule has 0 spiro atoms. The van der Waals surface area contributed by atoms with Crippen molar-refractivity contribution in [2.45, 2.75) is 13.8 Å². The molecular weight excluding hydrogens is 262 g/mol. The van der Waals surface area contributed by atoms with E-state index in [2.05, 4.69) is 0 Å². The second-order valence-electron chi connectivity index (χ2n) is 5.34. The normalized spacial score (nSPS) is 11.0. The van der Waals surface area contributed by atoms with Crippen LogP contribution in [0.2, 0.25) is 0 Å². The summed E-state index contributed by atoms with van der Waals surface area (Å²) in [5.41, 5.74) is 4.16. The maximum absolute atomic E-state index is 12.5. The fraction of sp³-hybridized carbons (Fsp3) is 0.167. The third kappa shape index (κ3) is 1.93. The van der Waals surface area contributed by atoms with Gasteiger partial charge in [0.25, 0.3) is 5.56 Å². The average molecular weight is 279 g/mol. The molecule has 0 saturated heterocycles. The summed E-state index contributed by atoms with van der Waals surface area (Å²) in [6, 6.07) is 13.5. The molecule has 0 unspecified atom stereocenters. The predicted octanol–water partition coefficient (Wildman–Crippen LogP) is 3.53. The molecule has 0 aliphatic heterocycles. The maximum Gasteiger partial charge on any atom is 0.254 e. The van der Waals surface area contributed by atoms with Gasteiger partial charge in [-0.1, -0.05) is 30.3 Å². The van der Waals surface area contributed by atoms with Crippen LogP contribution in [-0.4, -0.2) is 9.67 Å². The van der Waals surface area contributed by atoms with Crippen molar-refractivity contribution < 1.29 is 5.11 Å². The quantitative estimate of drug-likeness (QED) is 0.740. The lowest BCUT2D eigenvalue weighted by molar-refractivity contribution is 0.471. The molecule has 2 aromatic carbocycles. The topological polar surface area (TPSA) is 42.2 Å². The van der Waals surface area contributed by atoms with Crippen LogP contribution in [-0.2, 0) is 7.05 Å². The van der Waals surface area contributed by atoms with Crippen LogP contribution >= 0.6 is 0 Å². The Hall–Kier alpha value is -2.55. The van der Waals surface area contributed by atoms with Gasteiger partial charge in [-0.15, -0.1) is 0 Å². The van der Waals surface area contributed by atoms with Gasteiger partial charge in [0.2, 0.25) is 0 Å². The Morgan fingerprint density at radius 1 is 0.952 bits per heavy atom. The SMILES string of the molecule is Cc1c(-c2ccccc2)c2ccc(O)c(C)c2n(C)c1=O. The highest BCUT2D eigenvalue weighted by atomic mass is 16.3. The third-order valence-corrected chi connectivity index (χ3v) is 4.07. The van der Waals surface area contributed by atoms with Crippen molar-refractivity contribution in [2.75, 3.05) is 0 Å². The number of hydrogen-bond donors (Lipinski definition) is 1. The molecule has 1 heterocycles. The van der Waals surface area contributed by atoms with Crippen molar-refractivity contribution >= 4 is 10.9 Å². The number of nitrogens with zero attached hydrogens (tertiary/aromatic N) is 1. The van der Waals surface area contributed by atoms with Gasteiger partial charge >= 0.3 is 0 Å². The van der Waals surface area contributed by atoms with E-state index >= 15 is 0 Å². The van der Waals surface area contributed by atoms with E-state index in [0.717, 1.165) is 33.2 Å². The summed E-state index contributed by atoms with van der Waals surface area (Å²) in [6.07, 6.45) is 0. The van der Waals surface area contributed by atoms with Crippen LogP contribution in [0, 0.1) is 13.8 Å². The van der Waals surface area contributed by atoms with E-state index in [1.807, 2.05) is 50.2 Å². The summed E-state index contributed by atoms with van der Waals surface area (Å²) in [5, 5.41) is 10.9. The lowest BCUT2D eigenvalue weighted by Crippen LogP contribution is -2.21. The first-order valence-electron chi connectivity index (χ1n) is 6.89. The molecule has 3 aromatic rings. The number of phenols is 1. The van der Waals surface area contributed by atoms with E-state index in [4.69, 9.17) is 0 Å². The van der Waals surface area contributed by atoms with Crippen LogP contribution < -0.4 is 5.56 Å². The molecule has 0 atom stereocenters. The number of pyridine rings is 1. The van der Waals surface area contributed by atoms with Crippen LogP contribution in [0.25, 0.3) is 22.0 Å². The van der Waals surface area contributed by atoms with Crippen LogP contribution in [0.15, 0.2) is 47.3 Å². The zero-order valence-corrected chi connectivity index (χ0v) is 12.3. The maximum atomic E-state index is 12.5. The Morgan fingerprint density at radius 2 is 1.62 bits per heavy atom. The Bertz CT molecular complexity index is 893. The monoisotopic (exact) mass is 279 g/mol. The van der Waals surface area contributed by atoms with Gasteiger partial charge in [0.1, 0.15) is 5.75 Å². The second kappa shape index (κ2) is 4.77. The van der Waals surface area contributed by atoms with Gasteiger partial charge in [-0.05, 0) is 37.1 Å². The minimum Gasteiger partial charge on any atom is -0.508 e. The summed E-state index contributed by atoms with van der Waals surface area (Å²) in [4.78, 5) is 12.5. The number of aryl methyl sites for hydroxylation is 2. The standard InChI is InChI=1S/C18H17NO2/c1-11-15(20)10-9-14-16(13-7-5-4-6-8-13)12(2)18(21)19(3)17(11)14/h4-10,20H,1-3H3. The minimum absolute atomic E-state index is 0.0324. The highest BCUT2D eigenvalue weighted by Crippen LogP contribution is 2.34. The van der Waals surface area contributed by atoms with Crippen molar-refractivity contribution in [1.82, 2.24) is 4.57 Å². The van der Waals surface area contributed by atoms with E-state index in [1.165, 1.54) is 0 Å². The fourth-order valence-electron chi connectivity index (χ4n) is 2.96. The summed E-state index contributed by atoms with van der Waals surface area (Å²) >= 11 is 0. The van der Waals surface area contributed by atoms with Crippen molar-refractivity contribution in [1.29, 1.82) is 0 Å². The van der Waals surface area contributed by atoms with Crippen molar-refractivity contribution in [3.05, 3.63) is 63.9 Å². The predicted molar refractivity (Wildman–Crippen MR) is 85.8 cm³/mol. The van der Waals surface area contributed by atoms with E-state index in [9.17, 15) is 9.90 Å². The molecule has 1 aromatic heterocycles. The number of fused-ring (bicyclic) bond motifs is 1. The van der Waals surface area contributed by atoms with Gasteiger partial charge in [0.15, 0.2) is 0 Å². The molecule has 0 aliphatic carbocycles. The third-order valence-electron chi connectivity index (χ3n) is 4.07. The minimum atomic E-state index is -0.0324. The highest BCUT2D eigenvalue weighted by molar-refractivity contribution is 5.98. The molecule has 0 radical (unpaired) electrons. The number of aromatic nitrogens is 1.